The van der Waals surface area contributed by atoms with Crippen LogP contribution in [0.5, 0.6) is 0 Å². The Kier molecular flexibility index (Phi) is 7.88. The molecule has 0 aromatic heterocycles. The van der Waals surface area contributed by atoms with Crippen molar-refractivity contribution in [1.82, 2.24) is 0 Å². The van der Waals surface area contributed by atoms with Gasteiger partial charge in [-0.05, 0) is 42.8 Å². The number of hydrogen-bond acceptors (Lipinski definition) is 6. The minimum absolute atomic E-state index is 0.158. The molecule has 0 spiro atoms. The molecular formula is C20H21NO6S. The zero-order chi connectivity index (χ0) is 20.5. The molecule has 148 valence electrons. The van der Waals surface area contributed by atoms with E-state index < -0.39 is 35.3 Å². The molecule has 0 aliphatic rings. The summed E-state index contributed by atoms with van der Waals surface area (Å²) in [6.07, 6.45) is 2.19. The molecule has 0 heterocycles. The number of carbonyl (C=O) groups excluding carboxylic acids is 3. The van der Waals surface area contributed by atoms with E-state index in [0.717, 1.165) is 6.42 Å². The van der Waals surface area contributed by atoms with Crippen LogP contribution in [0.25, 0.3) is 0 Å². The highest BCUT2D eigenvalue weighted by atomic mass is 32.2. The lowest BCUT2D eigenvalue weighted by Gasteiger charge is -2.09. The SMILES string of the molecule is CCCOC(=O)c1ccc(NC(=O)COC(=O)c2ccccc2[S@@](C)=O)cc1. The standard InChI is InChI=1S/C20H21NO6S/c1-3-12-26-19(23)14-8-10-15(11-9-14)21-18(22)13-27-20(24)16-6-4-5-7-17(16)28(2)25/h4-11H,3,12-13H2,1-2H3,(H,21,22)/t28-/m1/s1. The smallest absolute Gasteiger partial charge is 0.339 e. The lowest BCUT2D eigenvalue weighted by Crippen LogP contribution is -2.21. The Bertz CT molecular complexity index is 879. The fourth-order valence-electron chi connectivity index (χ4n) is 2.26. The van der Waals surface area contributed by atoms with Gasteiger partial charge in [0, 0.05) is 11.9 Å². The van der Waals surface area contributed by atoms with E-state index in [1.807, 2.05) is 6.92 Å². The molecule has 0 radical (unpaired) electrons. The first-order valence-electron chi connectivity index (χ1n) is 8.59. The molecular weight excluding hydrogens is 382 g/mol. The second-order valence-electron chi connectivity index (χ2n) is 5.79. The van der Waals surface area contributed by atoms with Crippen LogP contribution in [0.15, 0.2) is 53.4 Å². The lowest BCUT2D eigenvalue weighted by atomic mass is 10.2. The molecule has 0 aliphatic heterocycles. The maximum atomic E-state index is 12.1. The predicted molar refractivity (Wildman–Crippen MR) is 105 cm³/mol. The van der Waals surface area contributed by atoms with Gasteiger partial charge in [0.15, 0.2) is 6.61 Å². The van der Waals surface area contributed by atoms with E-state index in [2.05, 4.69) is 5.32 Å². The van der Waals surface area contributed by atoms with E-state index in [-0.39, 0.29) is 5.56 Å². The number of benzene rings is 2. The van der Waals surface area contributed by atoms with Gasteiger partial charge in [0.25, 0.3) is 5.91 Å². The highest BCUT2D eigenvalue weighted by Crippen LogP contribution is 2.14. The fraction of sp³-hybridized carbons (Fsp3) is 0.250. The quantitative estimate of drug-likeness (QED) is 0.681. The number of amides is 1. The molecule has 28 heavy (non-hydrogen) atoms. The summed E-state index contributed by atoms with van der Waals surface area (Å²) in [6, 6.07) is 12.5. The second kappa shape index (κ2) is 10.4. The zero-order valence-electron chi connectivity index (χ0n) is 15.6. The molecule has 8 heteroatoms. The van der Waals surface area contributed by atoms with Crippen LogP contribution < -0.4 is 5.32 Å². The monoisotopic (exact) mass is 403 g/mol. The van der Waals surface area contributed by atoms with Crippen LogP contribution in [-0.4, -0.2) is 41.5 Å². The van der Waals surface area contributed by atoms with Gasteiger partial charge >= 0.3 is 11.9 Å². The van der Waals surface area contributed by atoms with Crippen LogP contribution in [0.4, 0.5) is 5.69 Å². The largest absolute Gasteiger partial charge is 0.462 e. The summed E-state index contributed by atoms with van der Waals surface area (Å²) in [6.45, 7) is 1.75. The zero-order valence-corrected chi connectivity index (χ0v) is 16.4. The third-order valence-electron chi connectivity index (χ3n) is 3.59. The minimum atomic E-state index is -1.35. The van der Waals surface area contributed by atoms with Gasteiger partial charge in [-0.3, -0.25) is 9.00 Å². The maximum absolute atomic E-state index is 12.1. The first-order valence-corrected chi connectivity index (χ1v) is 10.1. The van der Waals surface area contributed by atoms with Crippen molar-refractivity contribution in [2.24, 2.45) is 0 Å². The number of nitrogens with one attached hydrogen (secondary N) is 1. The van der Waals surface area contributed by atoms with E-state index in [1.54, 1.807) is 30.3 Å². The van der Waals surface area contributed by atoms with Gasteiger partial charge in [-0.2, -0.15) is 0 Å². The van der Waals surface area contributed by atoms with Crippen LogP contribution >= 0.6 is 0 Å². The number of hydrogen-bond donors (Lipinski definition) is 1. The average molecular weight is 403 g/mol. The van der Waals surface area contributed by atoms with Crippen LogP contribution in [0, 0.1) is 0 Å². The highest BCUT2D eigenvalue weighted by molar-refractivity contribution is 7.84. The molecule has 0 aliphatic carbocycles. The normalized spacial score (nSPS) is 11.4. The molecule has 0 saturated carbocycles. The summed E-state index contributed by atoms with van der Waals surface area (Å²) in [7, 11) is -1.35. The Balaban J connectivity index is 1.90. The van der Waals surface area contributed by atoms with E-state index in [4.69, 9.17) is 9.47 Å². The molecule has 0 unspecified atom stereocenters. The third-order valence-corrected chi connectivity index (χ3v) is 4.57. The van der Waals surface area contributed by atoms with Crippen molar-refractivity contribution in [3.8, 4) is 0 Å². The fourth-order valence-corrected chi connectivity index (χ4v) is 2.99. The van der Waals surface area contributed by atoms with Gasteiger partial charge in [0.1, 0.15) is 0 Å². The summed E-state index contributed by atoms with van der Waals surface area (Å²) in [5.41, 5.74) is 0.983. The van der Waals surface area contributed by atoms with Gasteiger partial charge in [0.05, 0.1) is 33.4 Å². The minimum Gasteiger partial charge on any atom is -0.462 e. The van der Waals surface area contributed by atoms with Crippen molar-refractivity contribution in [2.75, 3.05) is 24.8 Å². The lowest BCUT2D eigenvalue weighted by molar-refractivity contribution is -0.119. The molecule has 1 amide bonds. The Labute approximate surface area is 165 Å². The summed E-state index contributed by atoms with van der Waals surface area (Å²) in [5.74, 6) is -1.69. The van der Waals surface area contributed by atoms with E-state index in [1.165, 1.54) is 24.5 Å². The van der Waals surface area contributed by atoms with Crippen molar-refractivity contribution in [3.63, 3.8) is 0 Å². The van der Waals surface area contributed by atoms with Crippen LogP contribution in [0.3, 0.4) is 0 Å². The number of carbonyl (C=O) groups is 3. The van der Waals surface area contributed by atoms with E-state index in [9.17, 15) is 18.6 Å². The predicted octanol–water partition coefficient (Wildman–Crippen LogP) is 2.79. The number of rotatable bonds is 8. The van der Waals surface area contributed by atoms with Gasteiger partial charge < -0.3 is 14.8 Å². The summed E-state index contributed by atoms with van der Waals surface area (Å²) >= 11 is 0. The first-order chi connectivity index (χ1) is 13.4. The van der Waals surface area contributed by atoms with E-state index >= 15 is 0 Å². The topological polar surface area (TPSA) is 98.8 Å². The van der Waals surface area contributed by atoms with Gasteiger partial charge in [0.2, 0.25) is 0 Å². The highest BCUT2D eigenvalue weighted by Gasteiger charge is 2.16. The van der Waals surface area contributed by atoms with Crippen LogP contribution in [0.2, 0.25) is 0 Å². The molecule has 7 nitrogen and oxygen atoms in total. The number of ether oxygens (including phenoxy) is 2. The molecule has 2 aromatic carbocycles. The molecule has 0 bridgehead atoms. The number of anilines is 1. The molecule has 1 N–H and O–H groups in total. The van der Waals surface area contributed by atoms with Crippen molar-refractivity contribution < 1.29 is 28.1 Å². The number of esters is 2. The third kappa shape index (κ3) is 6.02. The van der Waals surface area contributed by atoms with Gasteiger partial charge in [-0.15, -0.1) is 0 Å². The Morgan fingerprint density at radius 2 is 1.64 bits per heavy atom. The van der Waals surface area contributed by atoms with E-state index in [0.29, 0.717) is 22.8 Å². The summed E-state index contributed by atoms with van der Waals surface area (Å²) < 4.78 is 21.7. The molecule has 2 aromatic rings. The van der Waals surface area contributed by atoms with Gasteiger partial charge in [-0.1, -0.05) is 19.1 Å². The Morgan fingerprint density at radius 3 is 2.29 bits per heavy atom. The van der Waals surface area contributed by atoms with Crippen molar-refractivity contribution in [3.05, 3.63) is 59.7 Å². The summed E-state index contributed by atoms with van der Waals surface area (Å²) in [4.78, 5) is 36.2. The van der Waals surface area contributed by atoms with Crippen LogP contribution in [0.1, 0.15) is 34.1 Å². The molecule has 0 fully saturated rings. The summed E-state index contributed by atoms with van der Waals surface area (Å²) in [5, 5.41) is 2.57. The Morgan fingerprint density at radius 1 is 0.964 bits per heavy atom. The van der Waals surface area contributed by atoms with Crippen molar-refractivity contribution in [2.45, 2.75) is 18.2 Å². The average Bonchev–Trinajstić information content (AvgIpc) is 2.70. The maximum Gasteiger partial charge on any atom is 0.339 e. The molecule has 0 saturated heterocycles. The second-order valence-corrected chi connectivity index (χ2v) is 7.14. The van der Waals surface area contributed by atoms with Crippen molar-refractivity contribution in [1.29, 1.82) is 0 Å². The van der Waals surface area contributed by atoms with Crippen LogP contribution in [-0.2, 0) is 25.1 Å². The molecule has 1 atom stereocenters. The molecule has 2 rings (SSSR count). The Hall–Kier alpha value is -3.00. The van der Waals surface area contributed by atoms with Gasteiger partial charge in [-0.25, -0.2) is 9.59 Å². The van der Waals surface area contributed by atoms with Crippen molar-refractivity contribution >= 4 is 34.3 Å². The first kappa shape index (κ1) is 21.3.